The van der Waals surface area contributed by atoms with Crippen molar-refractivity contribution in [3.63, 3.8) is 0 Å². The fourth-order valence-corrected chi connectivity index (χ4v) is 3.41. The number of ether oxygens (including phenoxy) is 3. The van der Waals surface area contributed by atoms with Gasteiger partial charge >= 0.3 is 11.8 Å². The predicted octanol–water partition coefficient (Wildman–Crippen LogP) is 1.39. The van der Waals surface area contributed by atoms with Gasteiger partial charge in [-0.25, -0.2) is 0 Å². The highest BCUT2D eigenvalue weighted by molar-refractivity contribution is 6.35. The molecule has 2 aliphatic rings. The van der Waals surface area contributed by atoms with Crippen molar-refractivity contribution in [1.82, 2.24) is 10.2 Å². The van der Waals surface area contributed by atoms with Crippen molar-refractivity contribution in [2.24, 2.45) is 0 Å². The fourth-order valence-electron chi connectivity index (χ4n) is 3.41. The van der Waals surface area contributed by atoms with E-state index in [-0.39, 0.29) is 13.3 Å². The number of piperazine rings is 1. The lowest BCUT2D eigenvalue weighted by molar-refractivity contribution is -0.146. The second-order valence-electron chi connectivity index (χ2n) is 6.85. The molecular formula is C21H23N3O5. The Morgan fingerprint density at radius 1 is 1.00 bits per heavy atom. The van der Waals surface area contributed by atoms with Crippen molar-refractivity contribution in [2.75, 3.05) is 45.0 Å². The van der Waals surface area contributed by atoms with Gasteiger partial charge in [0, 0.05) is 38.4 Å². The monoisotopic (exact) mass is 397 g/mol. The van der Waals surface area contributed by atoms with E-state index in [2.05, 4.69) is 10.2 Å². The largest absolute Gasteiger partial charge is 0.497 e. The SMILES string of the molecule is COc1ccc(N2CCN(C(=O)C(=O)NCc3ccc4c(c3)OCO4)CC2)cc1. The van der Waals surface area contributed by atoms with Gasteiger partial charge in [0.1, 0.15) is 5.75 Å². The Labute approximate surface area is 168 Å². The van der Waals surface area contributed by atoms with Crippen molar-refractivity contribution >= 4 is 17.5 Å². The number of nitrogens with zero attached hydrogens (tertiary/aromatic N) is 2. The Hall–Kier alpha value is -3.42. The van der Waals surface area contributed by atoms with Crippen LogP contribution in [0.2, 0.25) is 0 Å². The van der Waals surface area contributed by atoms with E-state index in [1.165, 1.54) is 0 Å². The van der Waals surface area contributed by atoms with E-state index in [4.69, 9.17) is 14.2 Å². The van der Waals surface area contributed by atoms with E-state index in [1.54, 1.807) is 24.1 Å². The van der Waals surface area contributed by atoms with Crippen LogP contribution in [0.3, 0.4) is 0 Å². The molecule has 8 heteroatoms. The highest BCUT2D eigenvalue weighted by atomic mass is 16.7. The summed E-state index contributed by atoms with van der Waals surface area (Å²) in [6.07, 6.45) is 0. The smallest absolute Gasteiger partial charge is 0.312 e. The van der Waals surface area contributed by atoms with Crippen LogP contribution in [0.5, 0.6) is 17.2 Å². The van der Waals surface area contributed by atoms with Gasteiger partial charge in [-0.05, 0) is 42.0 Å². The molecular weight excluding hydrogens is 374 g/mol. The third-order valence-electron chi connectivity index (χ3n) is 5.09. The molecule has 8 nitrogen and oxygen atoms in total. The summed E-state index contributed by atoms with van der Waals surface area (Å²) >= 11 is 0. The molecule has 0 unspecified atom stereocenters. The van der Waals surface area contributed by atoms with Gasteiger partial charge in [0.2, 0.25) is 6.79 Å². The second-order valence-corrected chi connectivity index (χ2v) is 6.85. The predicted molar refractivity (Wildman–Crippen MR) is 106 cm³/mol. The number of amides is 2. The van der Waals surface area contributed by atoms with Gasteiger partial charge in [0.25, 0.3) is 0 Å². The van der Waals surface area contributed by atoms with Crippen LogP contribution < -0.4 is 24.4 Å². The van der Waals surface area contributed by atoms with E-state index in [0.29, 0.717) is 37.7 Å². The lowest BCUT2D eigenvalue weighted by Gasteiger charge is -2.35. The molecule has 29 heavy (non-hydrogen) atoms. The van der Waals surface area contributed by atoms with E-state index in [0.717, 1.165) is 17.0 Å². The van der Waals surface area contributed by atoms with Crippen molar-refractivity contribution in [3.8, 4) is 17.2 Å². The zero-order valence-electron chi connectivity index (χ0n) is 16.2. The summed E-state index contributed by atoms with van der Waals surface area (Å²) in [5.74, 6) is 1.05. The van der Waals surface area contributed by atoms with Crippen molar-refractivity contribution in [2.45, 2.75) is 6.54 Å². The molecule has 0 spiro atoms. The normalized spacial score (nSPS) is 15.2. The highest BCUT2D eigenvalue weighted by Gasteiger charge is 2.26. The Morgan fingerprint density at radius 3 is 2.45 bits per heavy atom. The molecule has 1 fully saturated rings. The van der Waals surface area contributed by atoms with E-state index in [9.17, 15) is 9.59 Å². The van der Waals surface area contributed by atoms with Crippen molar-refractivity contribution < 1.29 is 23.8 Å². The minimum atomic E-state index is -0.597. The van der Waals surface area contributed by atoms with Gasteiger partial charge in [-0.15, -0.1) is 0 Å². The number of methoxy groups -OCH3 is 1. The molecule has 2 aliphatic heterocycles. The molecule has 152 valence electrons. The maximum atomic E-state index is 12.5. The molecule has 2 amide bonds. The van der Waals surface area contributed by atoms with Crippen LogP contribution >= 0.6 is 0 Å². The molecule has 1 N–H and O–H groups in total. The summed E-state index contributed by atoms with van der Waals surface area (Å²) < 4.78 is 15.8. The quantitative estimate of drug-likeness (QED) is 0.786. The van der Waals surface area contributed by atoms with Crippen LogP contribution in [0.4, 0.5) is 5.69 Å². The summed E-state index contributed by atoms with van der Waals surface area (Å²) in [5, 5.41) is 2.69. The molecule has 2 aromatic rings. The Kier molecular flexibility index (Phi) is 5.41. The van der Waals surface area contributed by atoms with Gasteiger partial charge in [0.05, 0.1) is 7.11 Å². The second kappa shape index (κ2) is 8.30. The summed E-state index contributed by atoms with van der Waals surface area (Å²) in [6.45, 7) is 2.81. The maximum absolute atomic E-state index is 12.5. The molecule has 2 heterocycles. The van der Waals surface area contributed by atoms with Gasteiger partial charge in [-0.1, -0.05) is 6.07 Å². The third kappa shape index (κ3) is 4.21. The number of hydrogen-bond donors (Lipinski definition) is 1. The number of rotatable bonds is 4. The van der Waals surface area contributed by atoms with Crippen LogP contribution in [-0.4, -0.2) is 56.8 Å². The number of carbonyl (C=O) groups is 2. The standard InChI is InChI=1S/C21H23N3O5/c1-27-17-5-3-16(4-6-17)23-8-10-24(11-9-23)21(26)20(25)22-13-15-2-7-18-19(12-15)29-14-28-18/h2-7,12H,8-11,13-14H2,1H3,(H,22,25). The van der Waals surface area contributed by atoms with Crippen molar-refractivity contribution in [3.05, 3.63) is 48.0 Å². The molecule has 1 saturated heterocycles. The summed E-state index contributed by atoms with van der Waals surface area (Å²) in [7, 11) is 1.64. The van der Waals surface area contributed by atoms with E-state index in [1.807, 2.05) is 30.3 Å². The molecule has 0 bridgehead atoms. The molecule has 0 aliphatic carbocycles. The number of benzene rings is 2. The molecule has 2 aromatic carbocycles. The lowest BCUT2D eigenvalue weighted by atomic mass is 10.2. The van der Waals surface area contributed by atoms with Gasteiger partial charge in [0.15, 0.2) is 11.5 Å². The highest BCUT2D eigenvalue weighted by Crippen LogP contribution is 2.32. The summed E-state index contributed by atoms with van der Waals surface area (Å²) in [6, 6.07) is 13.3. The average Bonchev–Trinajstić information content (AvgIpc) is 3.25. The number of nitrogens with one attached hydrogen (secondary N) is 1. The number of fused-ring (bicyclic) bond motifs is 1. The first-order valence-electron chi connectivity index (χ1n) is 9.48. The summed E-state index contributed by atoms with van der Waals surface area (Å²) in [4.78, 5) is 28.5. The fraction of sp³-hybridized carbons (Fsp3) is 0.333. The first-order valence-corrected chi connectivity index (χ1v) is 9.48. The first kappa shape index (κ1) is 18.9. The average molecular weight is 397 g/mol. The Morgan fingerprint density at radius 2 is 1.72 bits per heavy atom. The van der Waals surface area contributed by atoms with Crippen molar-refractivity contribution in [1.29, 1.82) is 0 Å². The Balaban J connectivity index is 1.27. The molecule has 0 atom stereocenters. The van der Waals surface area contributed by atoms with Gasteiger partial charge < -0.3 is 29.3 Å². The zero-order chi connectivity index (χ0) is 20.2. The maximum Gasteiger partial charge on any atom is 0.312 e. The van der Waals surface area contributed by atoms with Crippen LogP contribution in [0.15, 0.2) is 42.5 Å². The zero-order valence-corrected chi connectivity index (χ0v) is 16.2. The molecule has 0 saturated carbocycles. The number of anilines is 1. The first-order chi connectivity index (χ1) is 14.1. The minimum Gasteiger partial charge on any atom is -0.497 e. The molecule has 4 rings (SSSR count). The lowest BCUT2D eigenvalue weighted by Crippen LogP contribution is -2.52. The minimum absolute atomic E-state index is 0.201. The number of carbonyl (C=O) groups excluding carboxylic acids is 2. The van der Waals surface area contributed by atoms with Crippen LogP contribution in [0.25, 0.3) is 0 Å². The Bertz CT molecular complexity index is 892. The van der Waals surface area contributed by atoms with E-state index >= 15 is 0 Å². The third-order valence-corrected chi connectivity index (χ3v) is 5.09. The van der Waals surface area contributed by atoms with Crippen LogP contribution in [0.1, 0.15) is 5.56 Å². The van der Waals surface area contributed by atoms with E-state index < -0.39 is 11.8 Å². The topological polar surface area (TPSA) is 80.3 Å². The molecule has 0 radical (unpaired) electrons. The van der Waals surface area contributed by atoms with Gasteiger partial charge in [-0.3, -0.25) is 9.59 Å². The number of hydrogen-bond acceptors (Lipinski definition) is 6. The molecule has 0 aromatic heterocycles. The summed E-state index contributed by atoms with van der Waals surface area (Å²) in [5.41, 5.74) is 1.92. The van der Waals surface area contributed by atoms with Crippen LogP contribution in [0, 0.1) is 0 Å². The van der Waals surface area contributed by atoms with Gasteiger partial charge in [-0.2, -0.15) is 0 Å². The van der Waals surface area contributed by atoms with Crippen LogP contribution in [-0.2, 0) is 16.1 Å².